The first kappa shape index (κ1) is 17.0. The molecule has 0 unspecified atom stereocenters. The van der Waals surface area contributed by atoms with Gasteiger partial charge >= 0.3 is 6.03 Å². The zero-order chi connectivity index (χ0) is 16.5. The Bertz CT molecular complexity index is 614. The maximum absolute atomic E-state index is 12.5. The number of carbonyl (C=O) groups excluding carboxylic acids is 3. The van der Waals surface area contributed by atoms with E-state index in [4.69, 9.17) is 11.6 Å². The molecule has 2 rings (SSSR count). The minimum atomic E-state index is -0.922. The van der Waals surface area contributed by atoms with Gasteiger partial charge in [-0.2, -0.15) is 0 Å². The predicted octanol–water partition coefficient (Wildman–Crippen LogP) is 3.33. The van der Waals surface area contributed by atoms with E-state index in [1.54, 1.807) is 19.1 Å². The number of amides is 3. The Morgan fingerprint density at radius 2 is 2.09 bits per heavy atom. The fraction of sp³-hybridized carbons (Fsp3) is 0.533. The van der Waals surface area contributed by atoms with Crippen molar-refractivity contribution in [3.63, 3.8) is 0 Å². The van der Waals surface area contributed by atoms with Gasteiger partial charge in [0.15, 0.2) is 5.78 Å². The molecule has 1 fully saturated rings. The lowest BCUT2D eigenvalue weighted by Gasteiger charge is -2.22. The summed E-state index contributed by atoms with van der Waals surface area (Å²) in [5.74, 6) is -0.187. The van der Waals surface area contributed by atoms with E-state index < -0.39 is 11.6 Å². The van der Waals surface area contributed by atoms with Crippen LogP contribution in [0.2, 0.25) is 4.34 Å². The molecule has 5 nitrogen and oxygen atoms in total. The van der Waals surface area contributed by atoms with Crippen molar-refractivity contribution in [3.8, 4) is 0 Å². The fourth-order valence-corrected chi connectivity index (χ4v) is 3.30. The number of rotatable bonds is 6. The van der Waals surface area contributed by atoms with Gasteiger partial charge in [0.05, 0.1) is 15.8 Å². The number of hydrogen-bond acceptors (Lipinski definition) is 4. The number of carbonyl (C=O) groups is 3. The Labute approximate surface area is 138 Å². The lowest BCUT2D eigenvalue weighted by molar-refractivity contribution is -0.130. The van der Waals surface area contributed by atoms with Gasteiger partial charge in [-0.15, -0.1) is 11.3 Å². The molecule has 0 spiro atoms. The van der Waals surface area contributed by atoms with Crippen LogP contribution in [0.15, 0.2) is 12.1 Å². The first-order valence-electron chi connectivity index (χ1n) is 7.15. The van der Waals surface area contributed by atoms with Gasteiger partial charge in [-0.05, 0) is 37.8 Å². The summed E-state index contributed by atoms with van der Waals surface area (Å²) in [6, 6.07) is 2.72. The number of nitrogens with one attached hydrogen (secondary N) is 1. The summed E-state index contributed by atoms with van der Waals surface area (Å²) in [6.07, 6.45) is 1.38. The fourth-order valence-electron chi connectivity index (χ4n) is 2.32. The first-order valence-corrected chi connectivity index (χ1v) is 8.35. The van der Waals surface area contributed by atoms with Gasteiger partial charge < -0.3 is 5.32 Å². The van der Waals surface area contributed by atoms with Crippen LogP contribution < -0.4 is 5.32 Å². The molecule has 1 N–H and O–H groups in total. The molecule has 0 bridgehead atoms. The molecule has 120 valence electrons. The highest BCUT2D eigenvalue weighted by atomic mass is 35.5. The summed E-state index contributed by atoms with van der Waals surface area (Å²) < 4.78 is 0.502. The van der Waals surface area contributed by atoms with Gasteiger partial charge in [-0.1, -0.05) is 25.4 Å². The zero-order valence-corrected chi connectivity index (χ0v) is 14.4. The first-order chi connectivity index (χ1) is 10.2. The molecule has 1 aliphatic heterocycles. The van der Waals surface area contributed by atoms with E-state index >= 15 is 0 Å². The molecule has 1 aromatic rings. The van der Waals surface area contributed by atoms with E-state index in [-0.39, 0.29) is 18.2 Å². The average molecular weight is 343 g/mol. The smallest absolute Gasteiger partial charge is 0.323 e. The van der Waals surface area contributed by atoms with Crippen molar-refractivity contribution in [1.29, 1.82) is 0 Å². The van der Waals surface area contributed by atoms with E-state index in [1.807, 2.05) is 0 Å². The summed E-state index contributed by atoms with van der Waals surface area (Å²) >= 11 is 6.94. The van der Waals surface area contributed by atoms with Crippen LogP contribution in [0.25, 0.3) is 0 Å². The van der Waals surface area contributed by atoms with Crippen LogP contribution in [-0.4, -0.2) is 34.7 Å². The van der Waals surface area contributed by atoms with Gasteiger partial charge in [0.2, 0.25) is 0 Å². The molecule has 1 aliphatic rings. The zero-order valence-electron chi connectivity index (χ0n) is 12.8. The van der Waals surface area contributed by atoms with Crippen molar-refractivity contribution >= 4 is 40.7 Å². The van der Waals surface area contributed by atoms with Crippen molar-refractivity contribution in [2.24, 2.45) is 5.92 Å². The number of Topliss-reactive ketones (excluding diaryl/α,β-unsaturated/α-hetero) is 1. The average Bonchev–Trinajstić information content (AvgIpc) is 2.95. The Morgan fingerprint density at radius 1 is 1.41 bits per heavy atom. The van der Waals surface area contributed by atoms with Gasteiger partial charge in [0.1, 0.15) is 5.54 Å². The topological polar surface area (TPSA) is 66.5 Å². The van der Waals surface area contributed by atoms with Crippen molar-refractivity contribution in [2.75, 3.05) is 6.54 Å². The van der Waals surface area contributed by atoms with Crippen molar-refractivity contribution in [3.05, 3.63) is 21.3 Å². The van der Waals surface area contributed by atoms with E-state index in [1.165, 1.54) is 0 Å². The number of urea groups is 1. The number of thiophene rings is 1. The highest BCUT2D eigenvalue weighted by Gasteiger charge is 2.47. The number of ketones is 1. The van der Waals surface area contributed by atoms with Crippen molar-refractivity contribution in [1.82, 2.24) is 10.2 Å². The number of nitrogens with zero attached hydrogens (tertiary/aromatic N) is 1. The summed E-state index contributed by atoms with van der Waals surface area (Å²) in [5, 5.41) is 2.71. The van der Waals surface area contributed by atoms with Crippen LogP contribution in [0.5, 0.6) is 0 Å². The van der Waals surface area contributed by atoms with E-state index in [9.17, 15) is 14.4 Å². The minimum absolute atomic E-state index is 0.251. The largest absolute Gasteiger partial charge is 0.325 e. The van der Waals surface area contributed by atoms with Gasteiger partial charge in [-0.25, -0.2) is 4.79 Å². The third kappa shape index (κ3) is 3.50. The maximum Gasteiger partial charge on any atom is 0.325 e. The molecule has 22 heavy (non-hydrogen) atoms. The summed E-state index contributed by atoms with van der Waals surface area (Å²) in [6.45, 7) is 5.58. The van der Waals surface area contributed by atoms with Crippen molar-refractivity contribution in [2.45, 2.75) is 39.2 Å². The second-order valence-corrected chi connectivity index (χ2v) is 7.83. The second kappa shape index (κ2) is 6.38. The Morgan fingerprint density at radius 3 is 2.64 bits per heavy atom. The molecule has 3 amide bonds. The SMILES string of the molecule is CC(C)CC[C@@]1(C)NC(=O)N(CC(=O)c2ccc(Cl)s2)C1=O. The van der Waals surface area contributed by atoms with Gasteiger partial charge in [0.25, 0.3) is 5.91 Å². The van der Waals surface area contributed by atoms with Crippen molar-refractivity contribution < 1.29 is 14.4 Å². The highest BCUT2D eigenvalue weighted by molar-refractivity contribution is 7.18. The molecule has 1 saturated heterocycles. The Balaban J connectivity index is 2.07. The molecule has 0 saturated carbocycles. The highest BCUT2D eigenvalue weighted by Crippen LogP contribution is 2.26. The van der Waals surface area contributed by atoms with Gasteiger partial charge in [-0.3, -0.25) is 14.5 Å². The lowest BCUT2D eigenvalue weighted by Crippen LogP contribution is -2.44. The second-order valence-electron chi connectivity index (χ2n) is 6.11. The van der Waals surface area contributed by atoms with Crippen LogP contribution in [0.4, 0.5) is 4.79 Å². The normalized spacial score (nSPS) is 21.6. The quantitative estimate of drug-likeness (QED) is 0.637. The van der Waals surface area contributed by atoms with Crippen LogP contribution in [0.3, 0.4) is 0 Å². The molecule has 0 aliphatic carbocycles. The third-order valence-electron chi connectivity index (χ3n) is 3.72. The Hall–Kier alpha value is -1.40. The number of imide groups is 1. The summed E-state index contributed by atoms with van der Waals surface area (Å²) in [5.41, 5.74) is -0.922. The molecule has 7 heteroatoms. The molecule has 0 radical (unpaired) electrons. The van der Waals surface area contributed by atoms with Crippen LogP contribution >= 0.6 is 22.9 Å². The van der Waals surface area contributed by atoms with E-state index in [0.717, 1.165) is 22.7 Å². The summed E-state index contributed by atoms with van der Waals surface area (Å²) in [4.78, 5) is 38.1. The molecular weight excluding hydrogens is 324 g/mol. The predicted molar refractivity (Wildman–Crippen MR) is 86.4 cm³/mol. The van der Waals surface area contributed by atoms with E-state index in [0.29, 0.717) is 21.6 Å². The minimum Gasteiger partial charge on any atom is -0.323 e. The third-order valence-corrected chi connectivity index (χ3v) is 4.99. The summed E-state index contributed by atoms with van der Waals surface area (Å²) in [7, 11) is 0. The van der Waals surface area contributed by atoms with Crippen LogP contribution in [0.1, 0.15) is 43.3 Å². The number of halogens is 1. The lowest BCUT2D eigenvalue weighted by atomic mass is 9.92. The Kier molecular flexibility index (Phi) is 4.92. The van der Waals surface area contributed by atoms with Crippen LogP contribution in [0, 0.1) is 5.92 Å². The van der Waals surface area contributed by atoms with Gasteiger partial charge in [0, 0.05) is 0 Å². The molecule has 0 aromatic carbocycles. The molecule has 2 heterocycles. The molecule has 1 aromatic heterocycles. The van der Waals surface area contributed by atoms with Crippen LogP contribution in [-0.2, 0) is 4.79 Å². The molecular formula is C15H19ClN2O3S. The number of hydrogen-bond donors (Lipinski definition) is 1. The maximum atomic E-state index is 12.5. The monoisotopic (exact) mass is 342 g/mol. The standard InChI is InChI=1S/C15H19ClN2O3S/c1-9(2)6-7-15(3)13(20)18(14(21)17-15)8-10(19)11-4-5-12(16)22-11/h4-5,9H,6-8H2,1-3H3,(H,17,21)/t15-/m1/s1. The molecule has 1 atom stereocenters. The van der Waals surface area contributed by atoms with E-state index in [2.05, 4.69) is 19.2 Å².